The minimum atomic E-state index is -0.392. The average Bonchev–Trinajstić information content (AvgIpc) is 2.49. The number of ether oxygens (including phenoxy) is 1. The Hall–Kier alpha value is -2.40. The van der Waals surface area contributed by atoms with Crippen molar-refractivity contribution < 1.29 is 9.53 Å². The third kappa shape index (κ3) is 4.56. The highest BCUT2D eigenvalue weighted by Crippen LogP contribution is 2.17. The van der Waals surface area contributed by atoms with E-state index in [9.17, 15) is 4.79 Å². The van der Waals surface area contributed by atoms with Gasteiger partial charge in [-0.1, -0.05) is 30.3 Å². The van der Waals surface area contributed by atoms with Crippen LogP contribution < -0.4 is 4.74 Å². The minimum Gasteiger partial charge on any atom is -0.408 e. The van der Waals surface area contributed by atoms with Gasteiger partial charge in [-0.15, -0.1) is 0 Å². The van der Waals surface area contributed by atoms with E-state index in [1.807, 2.05) is 49.3 Å². The molecule has 0 aliphatic heterocycles. The van der Waals surface area contributed by atoms with Crippen LogP contribution in [0.15, 0.2) is 48.7 Å². The molecule has 0 spiro atoms. The molecule has 0 unspecified atom stereocenters. The molecule has 0 N–H and O–H groups in total. The van der Waals surface area contributed by atoms with Crippen molar-refractivity contribution in [1.82, 2.24) is 14.8 Å². The van der Waals surface area contributed by atoms with E-state index in [-0.39, 0.29) is 0 Å². The smallest absolute Gasteiger partial charge is 0.408 e. The van der Waals surface area contributed by atoms with Gasteiger partial charge in [0, 0.05) is 26.3 Å². The molecule has 0 radical (unpaired) electrons. The largest absolute Gasteiger partial charge is 0.415 e. The molecule has 22 heavy (non-hydrogen) atoms. The molecule has 1 heterocycles. The number of hydrogen-bond acceptors (Lipinski definition) is 4. The second-order valence-electron chi connectivity index (χ2n) is 5.40. The zero-order valence-electron chi connectivity index (χ0n) is 13.2. The first kappa shape index (κ1) is 16.0. The van der Waals surface area contributed by atoms with Gasteiger partial charge in [0.15, 0.2) is 5.75 Å². The van der Waals surface area contributed by atoms with Gasteiger partial charge in [-0.3, -0.25) is 4.98 Å². The van der Waals surface area contributed by atoms with Crippen molar-refractivity contribution in [2.45, 2.75) is 13.1 Å². The van der Waals surface area contributed by atoms with Crippen molar-refractivity contribution in [2.24, 2.45) is 0 Å². The van der Waals surface area contributed by atoms with Gasteiger partial charge >= 0.3 is 6.09 Å². The molecule has 0 aliphatic rings. The van der Waals surface area contributed by atoms with Gasteiger partial charge in [0.1, 0.15) is 0 Å². The predicted molar refractivity (Wildman–Crippen MR) is 85.6 cm³/mol. The van der Waals surface area contributed by atoms with Crippen LogP contribution in [0.1, 0.15) is 11.3 Å². The third-order valence-electron chi connectivity index (χ3n) is 3.09. The van der Waals surface area contributed by atoms with E-state index < -0.39 is 6.09 Å². The molecular weight excluding hydrogens is 278 g/mol. The topological polar surface area (TPSA) is 45.7 Å². The second kappa shape index (κ2) is 7.56. The van der Waals surface area contributed by atoms with E-state index in [0.29, 0.717) is 18.8 Å². The molecule has 0 aliphatic carbocycles. The molecule has 0 atom stereocenters. The second-order valence-corrected chi connectivity index (χ2v) is 5.40. The third-order valence-corrected chi connectivity index (χ3v) is 3.09. The number of hydrogen-bond donors (Lipinski definition) is 0. The maximum absolute atomic E-state index is 12.2. The van der Waals surface area contributed by atoms with Crippen molar-refractivity contribution in [3.63, 3.8) is 0 Å². The van der Waals surface area contributed by atoms with Crippen LogP contribution in [0.2, 0.25) is 0 Å². The highest BCUT2D eigenvalue weighted by atomic mass is 16.6. The Balaban J connectivity index is 2.02. The van der Waals surface area contributed by atoms with E-state index in [1.165, 1.54) is 0 Å². The number of aromatic nitrogens is 1. The fourth-order valence-corrected chi connectivity index (χ4v) is 2.03. The van der Waals surface area contributed by atoms with E-state index in [0.717, 1.165) is 11.3 Å². The van der Waals surface area contributed by atoms with Gasteiger partial charge in [0.05, 0.1) is 5.69 Å². The van der Waals surface area contributed by atoms with Gasteiger partial charge < -0.3 is 14.5 Å². The van der Waals surface area contributed by atoms with Crippen molar-refractivity contribution in [2.75, 3.05) is 21.1 Å². The molecular formula is C17H21N3O2. The van der Waals surface area contributed by atoms with Crippen LogP contribution in [0.5, 0.6) is 5.75 Å². The van der Waals surface area contributed by atoms with Crippen LogP contribution >= 0.6 is 0 Å². The molecule has 5 nitrogen and oxygen atoms in total. The minimum absolute atomic E-state index is 0.392. The van der Waals surface area contributed by atoms with Crippen LogP contribution in [0.4, 0.5) is 4.79 Å². The molecule has 0 saturated heterocycles. The first-order valence-electron chi connectivity index (χ1n) is 7.12. The average molecular weight is 299 g/mol. The molecule has 5 heteroatoms. The van der Waals surface area contributed by atoms with Crippen molar-refractivity contribution in [3.05, 3.63) is 59.9 Å². The molecule has 116 valence electrons. The quantitative estimate of drug-likeness (QED) is 0.851. The van der Waals surface area contributed by atoms with E-state index in [1.54, 1.807) is 30.3 Å². The number of nitrogens with zero attached hydrogens (tertiary/aromatic N) is 3. The van der Waals surface area contributed by atoms with Crippen LogP contribution in [0.25, 0.3) is 0 Å². The Kier molecular flexibility index (Phi) is 5.49. The lowest BCUT2D eigenvalue weighted by Crippen LogP contribution is -2.29. The Morgan fingerprint density at radius 2 is 1.77 bits per heavy atom. The first-order chi connectivity index (χ1) is 10.6. The molecule has 0 saturated carbocycles. The summed E-state index contributed by atoms with van der Waals surface area (Å²) in [6.07, 6.45) is 1.31. The van der Waals surface area contributed by atoms with E-state index in [2.05, 4.69) is 4.98 Å². The monoisotopic (exact) mass is 299 g/mol. The molecule has 2 aromatic rings. The van der Waals surface area contributed by atoms with Gasteiger partial charge in [-0.05, 0) is 31.8 Å². The Morgan fingerprint density at radius 1 is 1.05 bits per heavy atom. The molecule has 1 aromatic carbocycles. The van der Waals surface area contributed by atoms with Crippen LogP contribution in [-0.4, -0.2) is 42.0 Å². The lowest BCUT2D eigenvalue weighted by molar-refractivity contribution is 0.159. The normalized spacial score (nSPS) is 10.5. The predicted octanol–water partition coefficient (Wildman–Crippen LogP) is 2.77. The van der Waals surface area contributed by atoms with Crippen molar-refractivity contribution in [1.29, 1.82) is 0 Å². The van der Waals surface area contributed by atoms with Crippen LogP contribution in [0, 0.1) is 0 Å². The summed E-state index contributed by atoms with van der Waals surface area (Å²) in [5.74, 6) is 0.501. The molecule has 1 aromatic heterocycles. The molecule has 2 rings (SSSR count). The van der Waals surface area contributed by atoms with Gasteiger partial charge in [-0.2, -0.15) is 0 Å². The maximum Gasteiger partial charge on any atom is 0.415 e. The Labute approximate surface area is 131 Å². The lowest BCUT2D eigenvalue weighted by atomic mass is 10.2. The summed E-state index contributed by atoms with van der Waals surface area (Å²) in [7, 11) is 5.61. The lowest BCUT2D eigenvalue weighted by Gasteiger charge is -2.18. The van der Waals surface area contributed by atoms with Crippen LogP contribution in [-0.2, 0) is 13.1 Å². The number of amides is 1. The summed E-state index contributed by atoms with van der Waals surface area (Å²) in [5.41, 5.74) is 1.80. The highest BCUT2D eigenvalue weighted by molar-refractivity contribution is 5.70. The molecule has 0 bridgehead atoms. The fourth-order valence-electron chi connectivity index (χ4n) is 2.03. The van der Waals surface area contributed by atoms with E-state index in [4.69, 9.17) is 4.74 Å². The molecule has 1 amide bonds. The summed E-state index contributed by atoms with van der Waals surface area (Å²) < 4.78 is 5.48. The van der Waals surface area contributed by atoms with Crippen molar-refractivity contribution >= 4 is 6.09 Å². The zero-order chi connectivity index (χ0) is 15.9. The Morgan fingerprint density at radius 3 is 2.45 bits per heavy atom. The zero-order valence-corrected chi connectivity index (χ0v) is 13.2. The summed E-state index contributed by atoms with van der Waals surface area (Å²) in [5, 5.41) is 0. The van der Waals surface area contributed by atoms with Gasteiger partial charge in [0.25, 0.3) is 0 Å². The first-order valence-corrected chi connectivity index (χ1v) is 7.12. The summed E-state index contributed by atoms with van der Waals surface area (Å²) in [6.45, 7) is 1.12. The SMILES string of the molecule is CN(C)Cc1ncccc1OC(=O)N(C)Cc1ccccc1. The number of carbonyl (C=O) groups excluding carboxylic acids is 1. The summed E-state index contributed by atoms with van der Waals surface area (Å²) in [4.78, 5) is 20.0. The maximum atomic E-state index is 12.2. The highest BCUT2D eigenvalue weighted by Gasteiger charge is 2.15. The van der Waals surface area contributed by atoms with Gasteiger partial charge in [-0.25, -0.2) is 4.79 Å². The number of benzene rings is 1. The number of pyridine rings is 1. The van der Waals surface area contributed by atoms with Crippen molar-refractivity contribution in [3.8, 4) is 5.75 Å². The fraction of sp³-hybridized carbons (Fsp3) is 0.294. The molecule has 0 fully saturated rings. The Bertz CT molecular complexity index is 614. The summed E-state index contributed by atoms with van der Waals surface area (Å²) >= 11 is 0. The standard InChI is InChI=1S/C17H21N3O2/c1-19(2)13-15-16(10-7-11-18-15)22-17(21)20(3)12-14-8-5-4-6-9-14/h4-11H,12-13H2,1-3H3. The summed E-state index contributed by atoms with van der Waals surface area (Å²) in [6, 6.07) is 13.3. The number of carbonyl (C=O) groups is 1. The van der Waals surface area contributed by atoms with Gasteiger partial charge in [0.2, 0.25) is 0 Å². The van der Waals surface area contributed by atoms with Crippen LogP contribution in [0.3, 0.4) is 0 Å². The van der Waals surface area contributed by atoms with E-state index >= 15 is 0 Å². The number of rotatable bonds is 5.